The summed E-state index contributed by atoms with van der Waals surface area (Å²) in [5, 5.41) is 0. The van der Waals surface area contributed by atoms with Gasteiger partial charge in [-0.2, -0.15) is 30.6 Å². The molecule has 5 rings (SSSR count). The smallest absolute Gasteiger partial charge is 0.298 e. The molecule has 1 saturated heterocycles. The molecule has 0 bridgehead atoms. The van der Waals surface area contributed by atoms with E-state index in [1.807, 2.05) is 0 Å². The zero-order chi connectivity index (χ0) is 25.9. The summed E-state index contributed by atoms with van der Waals surface area (Å²) in [6.07, 6.45) is -6.34. The fourth-order valence-corrected chi connectivity index (χ4v) is 7.80. The van der Waals surface area contributed by atoms with Gasteiger partial charge >= 0.3 is 12.4 Å². The number of sulfonamides is 1. The molecule has 0 aromatic heterocycles. The maximum Gasteiger partial charge on any atom is 0.416 e. The Balaban J connectivity index is 1.36. The molecule has 0 unspecified atom stereocenters. The Labute approximate surface area is 205 Å². The van der Waals surface area contributed by atoms with Gasteiger partial charge in [0.25, 0.3) is 0 Å². The molecule has 0 spiro atoms. The first-order valence-corrected chi connectivity index (χ1v) is 13.4. The van der Waals surface area contributed by atoms with Crippen LogP contribution in [0.25, 0.3) is 0 Å². The molecule has 3 aliphatic rings. The lowest BCUT2D eigenvalue weighted by atomic mass is 9.98. The Morgan fingerprint density at radius 2 is 1.47 bits per heavy atom. The van der Waals surface area contributed by atoms with Crippen molar-refractivity contribution in [2.45, 2.75) is 61.6 Å². The van der Waals surface area contributed by atoms with Crippen molar-refractivity contribution < 1.29 is 34.8 Å². The number of likely N-dealkylation sites (tertiary alicyclic amines) is 1. The van der Waals surface area contributed by atoms with E-state index in [1.54, 1.807) is 6.07 Å². The largest absolute Gasteiger partial charge is 0.416 e. The first kappa shape index (κ1) is 25.5. The first-order chi connectivity index (χ1) is 16.8. The molecule has 36 heavy (non-hydrogen) atoms. The zero-order valence-corrected chi connectivity index (χ0v) is 20.1. The normalized spacial score (nSPS) is 25.5. The minimum Gasteiger partial charge on any atom is -0.298 e. The SMILES string of the molecule is O=S(=O)(c1cccc(C(F)(F)F)c1)N(C1CC1)[C@H]1CC[C@H]2CN(Cc3cccc(C(F)(F)F)c3)C[C@H]21. The van der Waals surface area contributed by atoms with Gasteiger partial charge in [0.15, 0.2) is 0 Å². The molecule has 2 saturated carbocycles. The van der Waals surface area contributed by atoms with E-state index in [0.717, 1.165) is 30.7 Å². The highest BCUT2D eigenvalue weighted by Crippen LogP contribution is 2.46. The molecule has 0 amide bonds. The van der Waals surface area contributed by atoms with Gasteiger partial charge in [-0.05, 0) is 67.3 Å². The highest BCUT2D eigenvalue weighted by atomic mass is 32.2. The monoisotopic (exact) mass is 532 g/mol. The van der Waals surface area contributed by atoms with E-state index in [9.17, 15) is 34.8 Å². The predicted molar refractivity (Wildman–Crippen MR) is 120 cm³/mol. The second-order valence-electron chi connectivity index (χ2n) is 10.1. The lowest BCUT2D eigenvalue weighted by Gasteiger charge is -2.32. The van der Waals surface area contributed by atoms with Crippen molar-refractivity contribution in [3.05, 3.63) is 65.2 Å². The fourth-order valence-electron chi connectivity index (χ4n) is 5.81. The van der Waals surface area contributed by atoms with Crippen molar-refractivity contribution in [2.75, 3.05) is 13.1 Å². The van der Waals surface area contributed by atoms with Crippen LogP contribution in [0.4, 0.5) is 26.3 Å². The molecule has 2 aliphatic carbocycles. The van der Waals surface area contributed by atoms with Crippen LogP contribution in [0.3, 0.4) is 0 Å². The summed E-state index contributed by atoms with van der Waals surface area (Å²) in [7, 11) is -4.15. The van der Waals surface area contributed by atoms with Crippen LogP contribution in [0, 0.1) is 11.8 Å². The minimum atomic E-state index is -4.65. The molecule has 2 aromatic rings. The molecule has 0 N–H and O–H groups in total. The summed E-state index contributed by atoms with van der Waals surface area (Å²) in [4.78, 5) is 1.70. The number of hydrogen-bond donors (Lipinski definition) is 0. The van der Waals surface area contributed by atoms with Crippen molar-refractivity contribution >= 4 is 10.0 Å². The van der Waals surface area contributed by atoms with Crippen molar-refractivity contribution in [2.24, 2.45) is 11.8 Å². The number of hydrogen-bond acceptors (Lipinski definition) is 3. The molecule has 3 atom stereocenters. The molecular formula is C25H26F6N2O2S. The second kappa shape index (κ2) is 9.02. The molecule has 3 fully saturated rings. The molecule has 1 aliphatic heterocycles. The summed E-state index contributed by atoms with van der Waals surface area (Å²) < 4.78 is 108. The van der Waals surface area contributed by atoms with Crippen LogP contribution in [0.1, 0.15) is 42.4 Å². The van der Waals surface area contributed by atoms with Crippen LogP contribution in [-0.4, -0.2) is 42.8 Å². The van der Waals surface area contributed by atoms with Gasteiger partial charge < -0.3 is 0 Å². The molecule has 1 heterocycles. The number of fused-ring (bicyclic) bond motifs is 1. The number of rotatable bonds is 6. The van der Waals surface area contributed by atoms with Gasteiger partial charge in [0.1, 0.15) is 0 Å². The number of nitrogens with zero attached hydrogens (tertiary/aromatic N) is 2. The third-order valence-corrected chi connectivity index (χ3v) is 9.50. The quantitative estimate of drug-likeness (QED) is 0.443. The molecule has 196 valence electrons. The molecular weight excluding hydrogens is 506 g/mol. The van der Waals surface area contributed by atoms with Gasteiger partial charge in [-0.25, -0.2) is 8.42 Å². The van der Waals surface area contributed by atoms with Crippen molar-refractivity contribution in [3.8, 4) is 0 Å². The maximum absolute atomic E-state index is 13.6. The lowest BCUT2D eigenvalue weighted by Crippen LogP contribution is -2.45. The minimum absolute atomic E-state index is 0.0167. The van der Waals surface area contributed by atoms with Crippen LogP contribution < -0.4 is 0 Å². The van der Waals surface area contributed by atoms with Crippen LogP contribution in [0.2, 0.25) is 0 Å². The van der Waals surface area contributed by atoms with Gasteiger partial charge in [0.05, 0.1) is 16.0 Å². The van der Waals surface area contributed by atoms with E-state index in [2.05, 4.69) is 4.90 Å². The maximum atomic E-state index is 13.6. The Kier molecular flexibility index (Phi) is 6.40. The Morgan fingerprint density at radius 3 is 2.11 bits per heavy atom. The average molecular weight is 533 g/mol. The van der Waals surface area contributed by atoms with E-state index in [-0.39, 0.29) is 28.8 Å². The molecule has 0 radical (unpaired) electrons. The molecule has 4 nitrogen and oxygen atoms in total. The zero-order valence-electron chi connectivity index (χ0n) is 19.3. The van der Waals surface area contributed by atoms with Gasteiger partial charge in [-0.1, -0.05) is 24.3 Å². The highest BCUT2D eigenvalue weighted by Gasteiger charge is 2.52. The van der Waals surface area contributed by atoms with Crippen molar-refractivity contribution in [1.82, 2.24) is 9.21 Å². The summed E-state index contributed by atoms with van der Waals surface area (Å²) in [5.74, 6) is 0.177. The van der Waals surface area contributed by atoms with Crippen LogP contribution in [0.5, 0.6) is 0 Å². The standard InChI is InChI=1S/C25H26F6N2O2S/c26-24(27,28)18-4-1-3-16(11-18)13-32-14-17-7-10-23(22(17)15-32)33(20-8-9-20)36(34,35)21-6-2-5-19(12-21)25(29,30)31/h1-6,11-12,17,20,22-23H,7-10,13-15H2/t17-,22+,23-/m0/s1. The number of halogens is 6. The second-order valence-corrected chi connectivity index (χ2v) is 11.9. The van der Waals surface area contributed by atoms with Crippen LogP contribution >= 0.6 is 0 Å². The van der Waals surface area contributed by atoms with Gasteiger partial charge in [0, 0.05) is 31.7 Å². The van der Waals surface area contributed by atoms with Gasteiger partial charge in [-0.15, -0.1) is 0 Å². The topological polar surface area (TPSA) is 40.6 Å². The Morgan fingerprint density at radius 1 is 0.833 bits per heavy atom. The van der Waals surface area contributed by atoms with E-state index >= 15 is 0 Å². The average Bonchev–Trinajstić information content (AvgIpc) is 3.44. The Bertz CT molecular complexity index is 1230. The van der Waals surface area contributed by atoms with E-state index in [1.165, 1.54) is 16.4 Å². The lowest BCUT2D eigenvalue weighted by molar-refractivity contribution is -0.138. The molecule has 2 aromatic carbocycles. The van der Waals surface area contributed by atoms with Gasteiger partial charge in [-0.3, -0.25) is 4.90 Å². The van der Waals surface area contributed by atoms with Crippen molar-refractivity contribution in [3.63, 3.8) is 0 Å². The molecule has 11 heteroatoms. The van der Waals surface area contributed by atoms with Crippen molar-refractivity contribution in [1.29, 1.82) is 0 Å². The first-order valence-electron chi connectivity index (χ1n) is 11.9. The Hall–Kier alpha value is -2.11. The van der Waals surface area contributed by atoms with Gasteiger partial charge in [0.2, 0.25) is 10.0 Å². The third-order valence-electron chi connectivity index (χ3n) is 7.53. The third kappa shape index (κ3) is 5.02. The highest BCUT2D eigenvalue weighted by molar-refractivity contribution is 7.89. The number of benzene rings is 2. The summed E-state index contributed by atoms with van der Waals surface area (Å²) in [6.45, 7) is 1.51. The van der Waals surface area contributed by atoms with Crippen LogP contribution in [0.15, 0.2) is 53.4 Å². The summed E-state index contributed by atoms with van der Waals surface area (Å²) in [6, 6.07) is 8.51. The van der Waals surface area contributed by atoms with E-state index in [0.29, 0.717) is 50.5 Å². The summed E-state index contributed by atoms with van der Waals surface area (Å²) >= 11 is 0. The fraction of sp³-hybridized carbons (Fsp3) is 0.520. The number of alkyl halides is 6. The predicted octanol–water partition coefficient (Wildman–Crippen LogP) is 5.79. The summed E-state index contributed by atoms with van der Waals surface area (Å²) in [5.41, 5.74) is -1.17. The van der Waals surface area contributed by atoms with Crippen LogP contribution in [-0.2, 0) is 28.9 Å². The van der Waals surface area contributed by atoms with E-state index in [4.69, 9.17) is 0 Å². The van der Waals surface area contributed by atoms with E-state index < -0.39 is 33.5 Å².